The number of hydrogen-bond donors (Lipinski definition) is 5. The van der Waals surface area contributed by atoms with Crippen LogP contribution in [0.1, 0.15) is 0 Å². The van der Waals surface area contributed by atoms with Crippen LogP contribution in [0.5, 0.6) is 0 Å². The van der Waals surface area contributed by atoms with Crippen molar-refractivity contribution in [3.63, 3.8) is 0 Å². The molecule has 0 aliphatic carbocycles. The van der Waals surface area contributed by atoms with Crippen LogP contribution in [0, 0.1) is 0 Å². The third-order valence-electron chi connectivity index (χ3n) is 6.59. The minimum absolute atomic E-state index is 0.158. The van der Waals surface area contributed by atoms with Crippen molar-refractivity contribution in [1.29, 1.82) is 0 Å². The van der Waals surface area contributed by atoms with Gasteiger partial charge in [-0.25, -0.2) is 31.3 Å². The number of nitrogens with two attached hydrogens (primary N) is 4. The van der Waals surface area contributed by atoms with E-state index in [0.29, 0.717) is 33.5 Å². The van der Waals surface area contributed by atoms with Crippen LogP contribution in [0.3, 0.4) is 0 Å². The molecule has 0 fully saturated rings. The molecule has 0 aliphatic heterocycles. The molecule has 0 saturated carbocycles. The fourth-order valence-corrected chi connectivity index (χ4v) is 4.84. The van der Waals surface area contributed by atoms with Crippen LogP contribution >= 0.6 is 0 Å². The molecule has 5 rings (SSSR count). The van der Waals surface area contributed by atoms with E-state index in [0.717, 1.165) is 31.9 Å². The number of nitrogens with zero attached hydrogens (tertiary/aromatic N) is 3. The molecule has 0 bridgehead atoms. The third kappa shape index (κ3) is 4.18. The number of hydrogen-bond acceptors (Lipinski definition) is 5. The molecule has 0 unspecified atom stereocenters. The second kappa shape index (κ2) is 9.87. The maximum absolute atomic E-state index is 12.1. The number of aromatic nitrogens is 1. The molecule has 0 spiro atoms. The fraction of sp³-hybridized carbons (Fsp3) is 0.0714. The smallest absolute Gasteiger partial charge is 0.333 e. The van der Waals surface area contributed by atoms with Crippen molar-refractivity contribution in [2.75, 3.05) is 16.6 Å². The quantitative estimate of drug-likeness (QED) is 0.133. The predicted octanol–water partition coefficient (Wildman–Crippen LogP) is 3.64. The zero-order valence-electron chi connectivity index (χ0n) is 20.4. The van der Waals surface area contributed by atoms with Gasteiger partial charge in [0.05, 0.1) is 29.0 Å². The maximum atomic E-state index is 12.1. The molecule has 10 heteroatoms. The Morgan fingerprint density at radius 1 is 0.684 bits per heavy atom. The molecule has 10 nitrogen and oxygen atoms in total. The van der Waals surface area contributed by atoms with Gasteiger partial charge in [-0.3, -0.25) is 0 Å². The van der Waals surface area contributed by atoms with Crippen molar-refractivity contribution in [1.82, 2.24) is 4.57 Å². The summed E-state index contributed by atoms with van der Waals surface area (Å²) in [6, 6.07) is 24.8. The van der Waals surface area contributed by atoms with Gasteiger partial charge in [-0.2, -0.15) is 0 Å². The monoisotopic (exact) mass is 509 g/mol. The summed E-state index contributed by atoms with van der Waals surface area (Å²) in [5, 5.41) is 13.4. The highest BCUT2D eigenvalue weighted by molar-refractivity contribution is 6.15. The number of amides is 4. The lowest BCUT2D eigenvalue weighted by Gasteiger charge is -2.19. The molecule has 192 valence electrons. The van der Waals surface area contributed by atoms with Gasteiger partial charge in [0, 0.05) is 28.4 Å². The Kier molecular flexibility index (Phi) is 6.43. The number of fused-ring (bicyclic) bond motifs is 3. The Balaban J connectivity index is 1.92. The Morgan fingerprint density at radius 3 is 1.42 bits per heavy atom. The summed E-state index contributed by atoms with van der Waals surface area (Å²) in [4.78, 5) is 24.2. The van der Waals surface area contributed by atoms with Crippen LogP contribution in [-0.2, 0) is 6.54 Å². The Morgan fingerprint density at radius 2 is 1.08 bits per heavy atom. The van der Waals surface area contributed by atoms with E-state index in [9.17, 15) is 14.7 Å². The van der Waals surface area contributed by atoms with E-state index >= 15 is 0 Å². The lowest BCUT2D eigenvalue weighted by molar-refractivity contribution is 0.253. The average molecular weight is 510 g/mol. The minimum Gasteiger partial charge on any atom is -0.395 e. The van der Waals surface area contributed by atoms with Gasteiger partial charge in [0.1, 0.15) is 0 Å². The molecule has 1 aromatic heterocycles. The van der Waals surface area contributed by atoms with Gasteiger partial charge in [0.25, 0.3) is 0 Å². The highest BCUT2D eigenvalue weighted by Gasteiger charge is 2.23. The van der Waals surface area contributed by atoms with E-state index in [1.807, 2.05) is 77.4 Å². The van der Waals surface area contributed by atoms with Crippen molar-refractivity contribution in [2.45, 2.75) is 6.54 Å². The number of rotatable bonds is 6. The van der Waals surface area contributed by atoms with Gasteiger partial charge in [0.2, 0.25) is 0 Å². The number of carbonyl (C=O) groups excluding carboxylic acids is 2. The number of primary amides is 2. The fourth-order valence-electron chi connectivity index (χ4n) is 4.84. The number of benzene rings is 4. The predicted molar refractivity (Wildman–Crippen MR) is 150 cm³/mol. The first-order valence-electron chi connectivity index (χ1n) is 11.9. The molecule has 4 amide bonds. The van der Waals surface area contributed by atoms with Crippen LogP contribution in [0.25, 0.3) is 44.1 Å². The Hall–Kier alpha value is -4.90. The van der Waals surface area contributed by atoms with E-state index < -0.39 is 12.1 Å². The summed E-state index contributed by atoms with van der Waals surface area (Å²) in [7, 11) is 0. The van der Waals surface area contributed by atoms with Crippen LogP contribution in [-0.4, -0.2) is 28.3 Å². The second-order valence-electron chi connectivity index (χ2n) is 8.80. The van der Waals surface area contributed by atoms with Gasteiger partial charge in [0.15, 0.2) is 0 Å². The van der Waals surface area contributed by atoms with E-state index in [4.69, 9.17) is 23.2 Å². The molecular weight excluding hydrogens is 482 g/mol. The number of aliphatic hydroxyl groups is 1. The molecule has 1 heterocycles. The van der Waals surface area contributed by atoms with Crippen molar-refractivity contribution < 1.29 is 14.7 Å². The van der Waals surface area contributed by atoms with Crippen molar-refractivity contribution in [2.24, 2.45) is 23.2 Å². The van der Waals surface area contributed by atoms with Gasteiger partial charge in [-0.15, -0.1) is 0 Å². The largest absolute Gasteiger partial charge is 0.395 e. The lowest BCUT2D eigenvalue weighted by Crippen LogP contribution is -2.41. The average Bonchev–Trinajstić information content (AvgIpc) is 3.23. The van der Waals surface area contributed by atoms with Crippen molar-refractivity contribution >= 4 is 45.2 Å². The minimum atomic E-state index is -0.819. The van der Waals surface area contributed by atoms with Crippen LogP contribution in [0.15, 0.2) is 84.9 Å². The number of aliphatic hydroxyl groups excluding tert-OH is 1. The van der Waals surface area contributed by atoms with E-state index in [-0.39, 0.29) is 13.2 Å². The normalized spacial score (nSPS) is 11.1. The number of urea groups is 2. The Labute approximate surface area is 218 Å². The van der Waals surface area contributed by atoms with E-state index in [1.54, 1.807) is 12.1 Å². The van der Waals surface area contributed by atoms with Gasteiger partial charge < -0.3 is 21.1 Å². The summed E-state index contributed by atoms with van der Waals surface area (Å²) >= 11 is 0. The zero-order chi connectivity index (χ0) is 27.0. The van der Waals surface area contributed by atoms with Crippen molar-refractivity contribution in [3.05, 3.63) is 84.9 Å². The van der Waals surface area contributed by atoms with Gasteiger partial charge >= 0.3 is 12.1 Å². The first kappa shape index (κ1) is 24.8. The second-order valence-corrected chi connectivity index (χ2v) is 8.80. The molecule has 9 N–H and O–H groups in total. The molecular formula is C28H27N7O3. The van der Waals surface area contributed by atoms with E-state index in [1.165, 1.54) is 0 Å². The summed E-state index contributed by atoms with van der Waals surface area (Å²) in [6.07, 6.45) is 0. The molecule has 38 heavy (non-hydrogen) atoms. The SMILES string of the molecule is NC(=O)N(N)c1cc2c(cc1-c1ccccc1)c1cc(-c3ccccc3)c(N(N)C(N)=O)cc1n2CCO. The highest BCUT2D eigenvalue weighted by Crippen LogP contribution is 2.42. The van der Waals surface area contributed by atoms with Gasteiger partial charge in [-0.05, 0) is 35.4 Å². The standard InChI is InChI=1S/C28H27N7O3/c29-27(37)34(31)25-15-23-21(13-19(25)17-7-3-1-4-8-17)22-14-20(18-9-5-2-6-10-18)26(35(32)28(30)38)16-24(22)33(23)11-12-36/h1-10,13-16,36H,11-12,31-32H2,(H2,29,37)(H2,30,38). The molecule has 5 aromatic rings. The van der Waals surface area contributed by atoms with E-state index in [2.05, 4.69) is 0 Å². The topological polar surface area (TPSA) is 170 Å². The molecule has 4 aromatic carbocycles. The highest BCUT2D eigenvalue weighted by atomic mass is 16.3. The third-order valence-corrected chi connectivity index (χ3v) is 6.59. The van der Waals surface area contributed by atoms with Crippen LogP contribution in [0.4, 0.5) is 21.0 Å². The molecule has 0 saturated heterocycles. The summed E-state index contributed by atoms with van der Waals surface area (Å²) in [6.45, 7) is 0.0747. The van der Waals surface area contributed by atoms with Crippen molar-refractivity contribution in [3.8, 4) is 22.3 Å². The van der Waals surface area contributed by atoms with Crippen LogP contribution < -0.4 is 33.2 Å². The van der Waals surface area contributed by atoms with Gasteiger partial charge in [-0.1, -0.05) is 60.7 Å². The number of carbonyl (C=O) groups is 2. The molecule has 0 atom stereocenters. The summed E-state index contributed by atoms with van der Waals surface area (Å²) in [5.74, 6) is 12.2. The summed E-state index contributed by atoms with van der Waals surface area (Å²) < 4.78 is 1.88. The van der Waals surface area contributed by atoms with Crippen LogP contribution in [0.2, 0.25) is 0 Å². The molecule has 0 aliphatic rings. The molecule has 0 radical (unpaired) electrons. The number of hydrazine groups is 2. The first-order valence-corrected chi connectivity index (χ1v) is 11.9. The summed E-state index contributed by atoms with van der Waals surface area (Å²) in [5.41, 5.74) is 16.4. The number of anilines is 2. The Bertz CT molecular complexity index is 1550. The maximum Gasteiger partial charge on any atom is 0.333 e. The first-order chi connectivity index (χ1) is 18.3. The lowest BCUT2D eigenvalue weighted by atomic mass is 9.97. The zero-order valence-corrected chi connectivity index (χ0v) is 20.4.